The fourth-order valence-corrected chi connectivity index (χ4v) is 5.61. The van der Waals surface area contributed by atoms with Gasteiger partial charge < -0.3 is 9.84 Å². The Hall–Kier alpha value is -2.19. The first-order chi connectivity index (χ1) is 13.6. The van der Waals surface area contributed by atoms with Crippen LogP contribution in [0, 0.1) is 19.8 Å². The molecule has 3 rings (SSSR count). The highest BCUT2D eigenvalue weighted by molar-refractivity contribution is 7.89. The van der Waals surface area contributed by atoms with Crippen molar-refractivity contribution in [3.63, 3.8) is 0 Å². The summed E-state index contributed by atoms with van der Waals surface area (Å²) in [7, 11) is -3.74. The molecule has 0 bridgehead atoms. The van der Waals surface area contributed by atoms with E-state index in [1.807, 2.05) is 30.3 Å². The molecule has 0 saturated carbocycles. The standard InChI is InChI=1S/C21H29N3O4S/c1-15-19(16(2)28-23-15)29(26,27)24-12-8-9-17(13-24)20(25)22-14-21(3,4)18-10-6-5-7-11-18/h5-7,10-11,17H,8-9,12-14H2,1-4H3,(H,22,25). The Morgan fingerprint density at radius 1 is 1.28 bits per heavy atom. The Morgan fingerprint density at radius 3 is 2.59 bits per heavy atom. The summed E-state index contributed by atoms with van der Waals surface area (Å²) in [6, 6.07) is 10.0. The monoisotopic (exact) mass is 419 g/mol. The summed E-state index contributed by atoms with van der Waals surface area (Å²) in [5, 5.41) is 6.79. The number of hydrogen-bond donors (Lipinski definition) is 1. The molecule has 8 heteroatoms. The van der Waals surface area contributed by atoms with Crippen LogP contribution in [0.4, 0.5) is 0 Å². The molecule has 1 fully saturated rings. The first-order valence-electron chi connectivity index (χ1n) is 9.89. The maximum absolute atomic E-state index is 13.1. The quantitative estimate of drug-likeness (QED) is 0.777. The number of aryl methyl sites for hydroxylation is 2. The van der Waals surface area contributed by atoms with Crippen LogP contribution in [0.15, 0.2) is 39.8 Å². The summed E-state index contributed by atoms with van der Waals surface area (Å²) in [6.07, 6.45) is 1.31. The SMILES string of the molecule is Cc1noc(C)c1S(=O)(=O)N1CCCC(C(=O)NCC(C)(C)c2ccccc2)C1. The molecule has 158 valence electrons. The highest BCUT2D eigenvalue weighted by Crippen LogP contribution is 2.28. The number of piperidine rings is 1. The lowest BCUT2D eigenvalue weighted by Gasteiger charge is -2.32. The van der Waals surface area contributed by atoms with E-state index in [-0.39, 0.29) is 34.4 Å². The van der Waals surface area contributed by atoms with Gasteiger partial charge in [0.2, 0.25) is 15.9 Å². The molecule has 2 heterocycles. The van der Waals surface area contributed by atoms with Gasteiger partial charge in [0.15, 0.2) is 5.76 Å². The Bertz CT molecular complexity index is 948. The number of carbonyl (C=O) groups is 1. The van der Waals surface area contributed by atoms with Crippen molar-refractivity contribution < 1.29 is 17.7 Å². The lowest BCUT2D eigenvalue weighted by molar-refractivity contribution is -0.126. The third kappa shape index (κ3) is 4.53. The Balaban J connectivity index is 1.67. The molecular weight excluding hydrogens is 390 g/mol. The molecule has 1 atom stereocenters. The Morgan fingerprint density at radius 2 is 1.97 bits per heavy atom. The second-order valence-corrected chi connectivity index (χ2v) is 10.2. The third-order valence-corrected chi connectivity index (χ3v) is 7.69. The maximum atomic E-state index is 13.1. The van der Waals surface area contributed by atoms with Crippen LogP contribution in [-0.2, 0) is 20.2 Å². The summed E-state index contributed by atoms with van der Waals surface area (Å²) in [5.41, 5.74) is 1.28. The highest BCUT2D eigenvalue weighted by atomic mass is 32.2. The summed E-state index contributed by atoms with van der Waals surface area (Å²) < 4.78 is 32.5. The third-order valence-electron chi connectivity index (χ3n) is 5.58. The molecule has 1 aromatic carbocycles. The van der Waals surface area contributed by atoms with Crippen molar-refractivity contribution in [2.24, 2.45) is 5.92 Å². The average molecular weight is 420 g/mol. The molecule has 1 saturated heterocycles. The van der Waals surface area contributed by atoms with Crippen molar-refractivity contribution in [1.29, 1.82) is 0 Å². The lowest BCUT2D eigenvalue weighted by atomic mass is 9.84. The second kappa shape index (κ2) is 8.28. The lowest BCUT2D eigenvalue weighted by Crippen LogP contribution is -2.47. The molecule has 1 aliphatic rings. The summed E-state index contributed by atoms with van der Waals surface area (Å²) in [6.45, 7) is 8.42. The van der Waals surface area contributed by atoms with E-state index in [1.54, 1.807) is 13.8 Å². The van der Waals surface area contributed by atoms with E-state index in [1.165, 1.54) is 4.31 Å². The smallest absolute Gasteiger partial charge is 0.248 e. The number of amides is 1. The minimum Gasteiger partial charge on any atom is -0.360 e. The van der Waals surface area contributed by atoms with Crippen LogP contribution in [0.3, 0.4) is 0 Å². The topological polar surface area (TPSA) is 92.5 Å². The van der Waals surface area contributed by atoms with Gasteiger partial charge in [0, 0.05) is 25.0 Å². The molecule has 2 aromatic rings. The van der Waals surface area contributed by atoms with Crippen molar-refractivity contribution in [3.05, 3.63) is 47.3 Å². The van der Waals surface area contributed by atoms with E-state index in [2.05, 4.69) is 24.3 Å². The average Bonchev–Trinajstić information content (AvgIpc) is 3.06. The van der Waals surface area contributed by atoms with Gasteiger partial charge in [0.05, 0.1) is 5.92 Å². The van der Waals surface area contributed by atoms with Crippen LogP contribution in [-0.4, -0.2) is 43.4 Å². The largest absolute Gasteiger partial charge is 0.360 e. The summed E-state index contributed by atoms with van der Waals surface area (Å²) in [5.74, 6) is -0.197. The van der Waals surface area contributed by atoms with Gasteiger partial charge in [0.1, 0.15) is 10.6 Å². The van der Waals surface area contributed by atoms with Crippen LogP contribution in [0.25, 0.3) is 0 Å². The minimum absolute atomic E-state index is 0.104. The van der Waals surface area contributed by atoms with E-state index in [9.17, 15) is 13.2 Å². The van der Waals surface area contributed by atoms with E-state index >= 15 is 0 Å². The zero-order valence-electron chi connectivity index (χ0n) is 17.4. The van der Waals surface area contributed by atoms with Crippen LogP contribution in [0.2, 0.25) is 0 Å². The zero-order chi connectivity index (χ0) is 21.2. The Labute approximate surface area is 172 Å². The molecule has 1 amide bonds. The summed E-state index contributed by atoms with van der Waals surface area (Å²) in [4.78, 5) is 12.9. The van der Waals surface area contributed by atoms with E-state index < -0.39 is 10.0 Å². The first kappa shape index (κ1) is 21.5. The van der Waals surface area contributed by atoms with Crippen LogP contribution in [0.1, 0.15) is 43.7 Å². The normalized spacial score (nSPS) is 18.6. The highest BCUT2D eigenvalue weighted by Gasteiger charge is 2.36. The van der Waals surface area contributed by atoms with Gasteiger partial charge in [-0.2, -0.15) is 4.31 Å². The van der Waals surface area contributed by atoms with Crippen LogP contribution < -0.4 is 5.32 Å². The van der Waals surface area contributed by atoms with E-state index in [0.717, 1.165) is 5.56 Å². The molecule has 0 radical (unpaired) electrons. The van der Waals surface area contributed by atoms with Crippen molar-refractivity contribution in [2.45, 2.75) is 50.8 Å². The van der Waals surface area contributed by atoms with Crippen LogP contribution >= 0.6 is 0 Å². The first-order valence-corrected chi connectivity index (χ1v) is 11.3. The number of hydrogen-bond acceptors (Lipinski definition) is 5. The van der Waals surface area contributed by atoms with E-state index in [0.29, 0.717) is 31.6 Å². The molecular formula is C21H29N3O4S. The number of sulfonamides is 1. The number of aromatic nitrogens is 1. The fourth-order valence-electron chi connectivity index (χ4n) is 3.79. The zero-order valence-corrected chi connectivity index (χ0v) is 18.3. The van der Waals surface area contributed by atoms with Crippen molar-refractivity contribution in [2.75, 3.05) is 19.6 Å². The molecule has 1 unspecified atom stereocenters. The molecule has 0 spiro atoms. The number of carbonyl (C=O) groups excluding carboxylic acids is 1. The second-order valence-electron chi connectivity index (χ2n) is 8.32. The van der Waals surface area contributed by atoms with Crippen molar-refractivity contribution >= 4 is 15.9 Å². The predicted molar refractivity (Wildman–Crippen MR) is 110 cm³/mol. The van der Waals surface area contributed by atoms with Crippen LogP contribution in [0.5, 0.6) is 0 Å². The number of nitrogens with one attached hydrogen (secondary N) is 1. The molecule has 1 aromatic heterocycles. The molecule has 29 heavy (non-hydrogen) atoms. The molecule has 1 N–H and O–H groups in total. The molecule has 1 aliphatic heterocycles. The summed E-state index contributed by atoms with van der Waals surface area (Å²) >= 11 is 0. The fraction of sp³-hybridized carbons (Fsp3) is 0.524. The predicted octanol–water partition coefficient (Wildman–Crippen LogP) is 2.79. The number of rotatable bonds is 6. The minimum atomic E-state index is -3.74. The van der Waals surface area contributed by atoms with Gasteiger partial charge in [-0.1, -0.05) is 49.3 Å². The Kier molecular flexibility index (Phi) is 6.14. The molecule has 0 aliphatic carbocycles. The number of benzene rings is 1. The van der Waals surface area contributed by atoms with Gasteiger partial charge in [0.25, 0.3) is 0 Å². The molecule has 7 nitrogen and oxygen atoms in total. The van der Waals surface area contributed by atoms with Gasteiger partial charge in [-0.05, 0) is 32.3 Å². The van der Waals surface area contributed by atoms with Gasteiger partial charge >= 0.3 is 0 Å². The van der Waals surface area contributed by atoms with Crippen molar-refractivity contribution in [1.82, 2.24) is 14.8 Å². The van der Waals surface area contributed by atoms with E-state index in [4.69, 9.17) is 4.52 Å². The van der Waals surface area contributed by atoms with Gasteiger partial charge in [-0.25, -0.2) is 8.42 Å². The van der Waals surface area contributed by atoms with Gasteiger partial charge in [-0.3, -0.25) is 4.79 Å². The maximum Gasteiger partial charge on any atom is 0.248 e. The number of nitrogens with zero attached hydrogens (tertiary/aromatic N) is 2. The van der Waals surface area contributed by atoms with Gasteiger partial charge in [-0.15, -0.1) is 0 Å². The van der Waals surface area contributed by atoms with Crippen molar-refractivity contribution in [3.8, 4) is 0 Å².